The summed E-state index contributed by atoms with van der Waals surface area (Å²) in [5.74, 6) is 0.495. The molecule has 4 rings (SSSR count). The van der Waals surface area contributed by atoms with Crippen molar-refractivity contribution in [2.24, 2.45) is 0 Å². The number of nitrogens with one attached hydrogen (secondary N) is 1. The van der Waals surface area contributed by atoms with Gasteiger partial charge in [0.2, 0.25) is 0 Å². The van der Waals surface area contributed by atoms with Gasteiger partial charge in [-0.15, -0.1) is 0 Å². The molecule has 3 aromatic rings. The van der Waals surface area contributed by atoms with Gasteiger partial charge in [-0.3, -0.25) is 14.2 Å². The maximum absolute atomic E-state index is 12.6. The number of halogens is 1. The van der Waals surface area contributed by atoms with Crippen molar-refractivity contribution in [3.63, 3.8) is 0 Å². The second-order valence-electron chi connectivity index (χ2n) is 5.82. The fourth-order valence-corrected chi connectivity index (χ4v) is 3.66. The molecule has 2 aromatic carbocycles. The number of Topliss-reactive ketones (excluding diaryl/α,β-unsaturated/α-hetero) is 1. The summed E-state index contributed by atoms with van der Waals surface area (Å²) in [5, 5.41) is 4.08. The molecule has 1 amide bonds. The van der Waals surface area contributed by atoms with E-state index in [4.69, 9.17) is 16.3 Å². The molecular weight excluding hydrogens is 386 g/mol. The summed E-state index contributed by atoms with van der Waals surface area (Å²) >= 11 is 7.28. The number of fused-ring (bicyclic) bond motifs is 1. The van der Waals surface area contributed by atoms with Crippen LogP contribution in [0.25, 0.3) is 5.69 Å². The second-order valence-corrected chi connectivity index (χ2v) is 7.19. The zero-order valence-corrected chi connectivity index (χ0v) is 15.6. The van der Waals surface area contributed by atoms with Gasteiger partial charge in [0.1, 0.15) is 5.75 Å². The van der Waals surface area contributed by atoms with Gasteiger partial charge in [-0.05, 0) is 42.5 Å². The van der Waals surface area contributed by atoms with Crippen LogP contribution < -0.4 is 10.1 Å². The molecule has 0 fully saturated rings. The van der Waals surface area contributed by atoms with E-state index in [1.54, 1.807) is 36.5 Å². The van der Waals surface area contributed by atoms with Crippen molar-refractivity contribution < 1.29 is 14.3 Å². The Morgan fingerprint density at radius 3 is 2.89 bits per heavy atom. The van der Waals surface area contributed by atoms with E-state index in [0.29, 0.717) is 27.2 Å². The fraction of sp³-hybridized carbons (Fsp3) is 0.105. The third-order valence-corrected chi connectivity index (χ3v) is 5.20. The highest BCUT2D eigenvalue weighted by atomic mass is 35.5. The van der Waals surface area contributed by atoms with Crippen molar-refractivity contribution in [1.29, 1.82) is 0 Å². The number of imidazole rings is 1. The molecule has 0 bridgehead atoms. The highest BCUT2D eigenvalue weighted by Gasteiger charge is 2.18. The van der Waals surface area contributed by atoms with E-state index in [-0.39, 0.29) is 24.1 Å². The fourth-order valence-electron chi connectivity index (χ4n) is 2.66. The van der Waals surface area contributed by atoms with Crippen LogP contribution in [0.1, 0.15) is 10.4 Å². The quantitative estimate of drug-likeness (QED) is 0.521. The van der Waals surface area contributed by atoms with E-state index in [1.165, 1.54) is 11.8 Å². The monoisotopic (exact) mass is 399 g/mol. The lowest BCUT2D eigenvalue weighted by Crippen LogP contribution is -2.25. The van der Waals surface area contributed by atoms with E-state index < -0.39 is 0 Å². The van der Waals surface area contributed by atoms with Crippen LogP contribution in [0.3, 0.4) is 0 Å². The lowest BCUT2D eigenvalue weighted by molar-refractivity contribution is -0.118. The molecule has 0 radical (unpaired) electrons. The number of thioether (sulfide) groups is 1. The Morgan fingerprint density at radius 2 is 2.07 bits per heavy atom. The van der Waals surface area contributed by atoms with Crippen LogP contribution in [-0.4, -0.2) is 33.6 Å². The molecule has 6 nitrogen and oxygen atoms in total. The minimum atomic E-state index is -0.230. The zero-order valence-electron chi connectivity index (χ0n) is 14.0. The minimum absolute atomic E-state index is 0.0104. The molecule has 0 saturated heterocycles. The van der Waals surface area contributed by atoms with Crippen molar-refractivity contribution >= 4 is 40.7 Å². The second kappa shape index (κ2) is 7.46. The third-order valence-electron chi connectivity index (χ3n) is 3.98. The first-order valence-electron chi connectivity index (χ1n) is 8.12. The van der Waals surface area contributed by atoms with Gasteiger partial charge < -0.3 is 10.1 Å². The Balaban J connectivity index is 1.48. The highest BCUT2D eigenvalue weighted by molar-refractivity contribution is 7.99. The number of amides is 1. The van der Waals surface area contributed by atoms with Crippen molar-refractivity contribution in [3.05, 3.63) is 65.4 Å². The molecule has 1 N–H and O–H groups in total. The molecule has 0 saturated carbocycles. The van der Waals surface area contributed by atoms with Crippen LogP contribution >= 0.6 is 23.4 Å². The van der Waals surface area contributed by atoms with Gasteiger partial charge in [-0.2, -0.15) is 0 Å². The van der Waals surface area contributed by atoms with E-state index in [2.05, 4.69) is 10.3 Å². The number of hydrogen-bond acceptors (Lipinski definition) is 5. The van der Waals surface area contributed by atoms with Crippen LogP contribution in [0.2, 0.25) is 5.02 Å². The minimum Gasteiger partial charge on any atom is -0.482 e. The van der Waals surface area contributed by atoms with E-state index in [1.807, 2.05) is 22.9 Å². The molecule has 8 heteroatoms. The molecule has 0 unspecified atom stereocenters. The van der Waals surface area contributed by atoms with Crippen molar-refractivity contribution in [2.75, 3.05) is 17.7 Å². The number of anilines is 1. The number of ether oxygens (including phenoxy) is 1. The molecular formula is C19H14ClN3O3S. The van der Waals surface area contributed by atoms with Crippen molar-refractivity contribution in [1.82, 2.24) is 9.55 Å². The van der Waals surface area contributed by atoms with Crippen molar-refractivity contribution in [3.8, 4) is 11.4 Å². The van der Waals surface area contributed by atoms with Crippen LogP contribution in [0.4, 0.5) is 5.69 Å². The van der Waals surface area contributed by atoms with Crippen molar-refractivity contribution in [2.45, 2.75) is 5.16 Å². The summed E-state index contributed by atoms with van der Waals surface area (Å²) in [6.07, 6.45) is 3.52. The number of aromatic nitrogens is 2. The molecule has 2 heterocycles. The standard InChI is InChI=1S/C19H14ClN3O3S/c20-13-2-4-14(5-3-13)23-8-7-21-19(23)27-11-16(24)12-1-6-17-15(9-12)22-18(25)10-26-17/h1-9H,10-11H2,(H,22,25). The summed E-state index contributed by atoms with van der Waals surface area (Å²) in [4.78, 5) is 28.3. The van der Waals surface area contributed by atoms with Gasteiger partial charge in [0.05, 0.1) is 11.4 Å². The summed E-state index contributed by atoms with van der Waals surface area (Å²) in [6, 6.07) is 12.4. The largest absolute Gasteiger partial charge is 0.482 e. The normalized spacial score (nSPS) is 12.9. The first-order chi connectivity index (χ1) is 13.1. The Labute approximate surface area is 164 Å². The van der Waals surface area contributed by atoms with Gasteiger partial charge in [0, 0.05) is 28.7 Å². The van der Waals surface area contributed by atoms with Crippen LogP contribution in [0, 0.1) is 0 Å². The Morgan fingerprint density at radius 1 is 1.26 bits per heavy atom. The first kappa shape index (κ1) is 17.6. The Bertz CT molecular complexity index is 1020. The van der Waals surface area contributed by atoms with Gasteiger partial charge in [0.15, 0.2) is 17.5 Å². The Hall–Kier alpha value is -2.77. The highest BCUT2D eigenvalue weighted by Crippen LogP contribution is 2.29. The lowest BCUT2D eigenvalue weighted by Gasteiger charge is -2.18. The summed E-state index contributed by atoms with van der Waals surface area (Å²) in [6.45, 7) is -0.0104. The number of rotatable bonds is 5. The first-order valence-corrected chi connectivity index (χ1v) is 9.48. The molecule has 27 heavy (non-hydrogen) atoms. The SMILES string of the molecule is O=C1COc2ccc(C(=O)CSc3nccn3-c3ccc(Cl)cc3)cc2N1. The lowest BCUT2D eigenvalue weighted by atomic mass is 10.1. The van der Waals surface area contributed by atoms with Gasteiger partial charge in [-0.1, -0.05) is 23.4 Å². The number of benzene rings is 2. The van der Waals surface area contributed by atoms with Crippen LogP contribution in [0.5, 0.6) is 5.75 Å². The van der Waals surface area contributed by atoms with E-state index in [9.17, 15) is 9.59 Å². The predicted octanol–water partition coefficient (Wildman–Crippen LogP) is 3.83. The Kier molecular flexibility index (Phi) is 4.87. The number of carbonyl (C=O) groups excluding carboxylic acids is 2. The molecule has 136 valence electrons. The topological polar surface area (TPSA) is 73.2 Å². The average molecular weight is 400 g/mol. The molecule has 0 atom stereocenters. The summed E-state index contributed by atoms with van der Waals surface area (Å²) < 4.78 is 7.21. The van der Waals surface area contributed by atoms with Gasteiger partial charge in [0.25, 0.3) is 5.91 Å². The van der Waals surface area contributed by atoms with E-state index in [0.717, 1.165) is 5.69 Å². The average Bonchev–Trinajstić information content (AvgIpc) is 3.14. The molecule has 1 aliphatic rings. The molecule has 0 spiro atoms. The molecule has 1 aliphatic heterocycles. The molecule has 1 aromatic heterocycles. The summed E-state index contributed by atoms with van der Waals surface area (Å²) in [7, 11) is 0. The number of ketones is 1. The predicted molar refractivity (Wildman–Crippen MR) is 104 cm³/mol. The molecule has 0 aliphatic carbocycles. The summed E-state index contributed by atoms with van der Waals surface area (Å²) in [5.41, 5.74) is 1.95. The maximum atomic E-state index is 12.6. The van der Waals surface area contributed by atoms with Crippen LogP contribution in [0.15, 0.2) is 60.0 Å². The number of hydrogen-bond donors (Lipinski definition) is 1. The van der Waals surface area contributed by atoms with Gasteiger partial charge >= 0.3 is 0 Å². The third kappa shape index (κ3) is 3.84. The van der Waals surface area contributed by atoms with Crippen LogP contribution in [-0.2, 0) is 4.79 Å². The van der Waals surface area contributed by atoms with E-state index >= 15 is 0 Å². The van der Waals surface area contributed by atoms with Gasteiger partial charge in [-0.25, -0.2) is 4.98 Å². The zero-order chi connectivity index (χ0) is 18.8. The maximum Gasteiger partial charge on any atom is 0.262 e. The number of nitrogens with zero attached hydrogens (tertiary/aromatic N) is 2. The number of carbonyl (C=O) groups is 2. The smallest absolute Gasteiger partial charge is 0.262 e.